The van der Waals surface area contributed by atoms with Gasteiger partial charge in [0.2, 0.25) is 0 Å². The van der Waals surface area contributed by atoms with Gasteiger partial charge in [-0.1, -0.05) is 183 Å². The summed E-state index contributed by atoms with van der Waals surface area (Å²) in [5.41, 5.74) is 19.5. The molecule has 0 aliphatic rings. The Kier molecular flexibility index (Phi) is 9.23. The molecule has 14 rings (SSSR count). The Labute approximate surface area is 411 Å². The smallest absolute Gasteiger partial charge is 0.0620 e. The highest BCUT2D eigenvalue weighted by molar-refractivity contribution is 6.26. The molecular formula is C67H46N4. The van der Waals surface area contributed by atoms with Crippen molar-refractivity contribution in [1.82, 2.24) is 8.80 Å². The average molecular weight is 907 g/mol. The van der Waals surface area contributed by atoms with Gasteiger partial charge in [0.15, 0.2) is 0 Å². The number of para-hydroxylation sites is 5. The summed E-state index contributed by atoms with van der Waals surface area (Å²) in [6, 6.07) is 86.0. The molecule has 334 valence electrons. The van der Waals surface area contributed by atoms with E-state index in [0.717, 1.165) is 55.8 Å². The van der Waals surface area contributed by atoms with Crippen molar-refractivity contribution in [2.24, 2.45) is 0 Å². The minimum Gasteiger partial charge on any atom is -0.310 e. The van der Waals surface area contributed by atoms with Crippen LogP contribution in [0.4, 0.5) is 34.1 Å². The van der Waals surface area contributed by atoms with Gasteiger partial charge in [0.05, 0.1) is 44.5 Å². The van der Waals surface area contributed by atoms with E-state index < -0.39 is 0 Å². The van der Waals surface area contributed by atoms with Crippen LogP contribution in [0.15, 0.2) is 243 Å². The first-order chi connectivity index (χ1) is 35.1. The first-order valence-electron chi connectivity index (χ1n) is 24.4. The molecule has 0 spiro atoms. The van der Waals surface area contributed by atoms with Crippen molar-refractivity contribution in [3.8, 4) is 22.3 Å². The Morgan fingerprint density at radius 3 is 1.35 bits per heavy atom. The van der Waals surface area contributed by atoms with Crippen molar-refractivity contribution in [3.05, 3.63) is 253 Å². The zero-order chi connectivity index (χ0) is 47.2. The minimum atomic E-state index is 1.03. The van der Waals surface area contributed by atoms with Gasteiger partial charge in [-0.05, 0) is 90.8 Å². The van der Waals surface area contributed by atoms with E-state index in [9.17, 15) is 0 Å². The van der Waals surface area contributed by atoms with Crippen molar-refractivity contribution in [3.63, 3.8) is 0 Å². The third-order valence-corrected chi connectivity index (χ3v) is 14.6. The van der Waals surface area contributed by atoms with Gasteiger partial charge < -0.3 is 18.6 Å². The fourth-order valence-corrected chi connectivity index (χ4v) is 11.6. The summed E-state index contributed by atoms with van der Waals surface area (Å²) in [6.45, 7) is 6.94. The molecule has 4 heterocycles. The molecule has 0 amide bonds. The first kappa shape index (κ1) is 40.7. The molecule has 0 atom stereocenters. The number of anilines is 6. The van der Waals surface area contributed by atoms with Gasteiger partial charge in [-0.2, -0.15) is 0 Å². The molecule has 0 N–H and O–H groups in total. The Morgan fingerprint density at radius 1 is 0.352 bits per heavy atom. The lowest BCUT2D eigenvalue weighted by Gasteiger charge is -2.28. The molecule has 4 nitrogen and oxygen atoms in total. The van der Waals surface area contributed by atoms with Crippen LogP contribution >= 0.6 is 0 Å². The maximum Gasteiger partial charge on any atom is 0.0620 e. The molecular weight excluding hydrogens is 861 g/mol. The molecule has 14 aromatic rings. The highest BCUT2D eigenvalue weighted by Crippen LogP contribution is 2.47. The van der Waals surface area contributed by atoms with Crippen LogP contribution in [0.3, 0.4) is 0 Å². The summed E-state index contributed by atoms with van der Waals surface area (Å²) in [7, 11) is 0. The van der Waals surface area contributed by atoms with E-state index in [1.807, 2.05) is 0 Å². The van der Waals surface area contributed by atoms with Crippen LogP contribution in [0, 0.1) is 0 Å². The normalized spacial score (nSPS) is 12.0. The van der Waals surface area contributed by atoms with Crippen molar-refractivity contribution in [1.29, 1.82) is 0 Å². The molecule has 4 aromatic heterocycles. The molecule has 0 radical (unpaired) electrons. The molecule has 0 saturated heterocycles. The second-order valence-electron chi connectivity index (χ2n) is 18.5. The monoisotopic (exact) mass is 906 g/mol. The quantitative estimate of drug-likeness (QED) is 0.143. The third kappa shape index (κ3) is 6.18. The SMILES string of the molecule is C=c1c2ccc(N(c3ccccc3)c3ccccc3-c3ccccc3)cc2n2c1c(/C=C\C)c1cc3c(cc12)c1cccc2c4ccc(N(c5ccccc5)c5ccccc5-c5ccccc5)cc4n3c21. The van der Waals surface area contributed by atoms with Gasteiger partial charge in [0, 0.05) is 77.0 Å². The van der Waals surface area contributed by atoms with Gasteiger partial charge in [-0.3, -0.25) is 0 Å². The number of hydrogen-bond donors (Lipinski definition) is 0. The summed E-state index contributed by atoms with van der Waals surface area (Å²) in [6.07, 6.45) is 4.44. The number of benzene rings is 10. The highest BCUT2D eigenvalue weighted by Gasteiger charge is 2.25. The van der Waals surface area contributed by atoms with Crippen molar-refractivity contribution in [2.75, 3.05) is 9.80 Å². The second kappa shape index (κ2) is 16.1. The zero-order valence-corrected chi connectivity index (χ0v) is 39.2. The van der Waals surface area contributed by atoms with Gasteiger partial charge >= 0.3 is 0 Å². The van der Waals surface area contributed by atoms with E-state index in [1.165, 1.54) is 76.8 Å². The maximum absolute atomic E-state index is 4.82. The van der Waals surface area contributed by atoms with E-state index in [4.69, 9.17) is 6.58 Å². The van der Waals surface area contributed by atoms with E-state index in [2.05, 4.69) is 274 Å². The summed E-state index contributed by atoms with van der Waals surface area (Å²) < 4.78 is 5.00. The lowest BCUT2D eigenvalue weighted by atomic mass is 10.0. The molecule has 4 heteroatoms. The van der Waals surface area contributed by atoms with Crippen LogP contribution in [0.2, 0.25) is 0 Å². The van der Waals surface area contributed by atoms with Crippen molar-refractivity contribution < 1.29 is 0 Å². The standard InChI is InChI=1S/C67H46N4/c1-3-21-55-58-42-65-59(43-64(58)70-62-40-49(36-38-51(62)44(2)66(55)70)68(47-26-12-6-13-27-47)60-34-18-16-30-52(60)45-22-8-4-9-23-45)57-33-20-32-56-54-39-37-50(41-63(54)71(65)67(56)57)69(48-28-14-7-15-29-48)61-35-19-17-31-53(61)46-24-10-5-11-25-46/h3-43H,2H2,1H3/b21-3-. The highest BCUT2D eigenvalue weighted by atomic mass is 15.2. The topological polar surface area (TPSA) is 15.3 Å². The van der Waals surface area contributed by atoms with Crippen LogP contribution in [0.1, 0.15) is 12.5 Å². The fraction of sp³-hybridized carbons (Fsp3) is 0.0149. The van der Waals surface area contributed by atoms with Crippen molar-refractivity contribution in [2.45, 2.75) is 6.92 Å². The lowest BCUT2D eigenvalue weighted by Crippen LogP contribution is -2.11. The van der Waals surface area contributed by atoms with E-state index >= 15 is 0 Å². The molecule has 0 unspecified atom stereocenters. The first-order valence-corrected chi connectivity index (χ1v) is 24.4. The molecule has 0 bridgehead atoms. The van der Waals surface area contributed by atoms with Crippen LogP contribution < -0.4 is 15.0 Å². The summed E-state index contributed by atoms with van der Waals surface area (Å²) in [5.74, 6) is 0. The Hall–Kier alpha value is -9.38. The number of allylic oxidation sites excluding steroid dienone is 1. The van der Waals surface area contributed by atoms with E-state index in [0.29, 0.717) is 0 Å². The van der Waals surface area contributed by atoms with Crippen molar-refractivity contribution >= 4 is 112 Å². The predicted molar refractivity (Wildman–Crippen MR) is 303 cm³/mol. The predicted octanol–water partition coefficient (Wildman–Crippen LogP) is 17.8. The maximum atomic E-state index is 4.82. The average Bonchev–Trinajstić information content (AvgIpc) is 4.15. The fourth-order valence-electron chi connectivity index (χ4n) is 11.6. The number of aromatic nitrogens is 2. The van der Waals surface area contributed by atoms with Crippen LogP contribution in [-0.2, 0) is 0 Å². The van der Waals surface area contributed by atoms with Crippen LogP contribution in [-0.4, -0.2) is 8.80 Å². The molecule has 71 heavy (non-hydrogen) atoms. The Balaban J connectivity index is 1.02. The molecule has 0 aliphatic carbocycles. The third-order valence-electron chi connectivity index (χ3n) is 14.6. The summed E-state index contributed by atoms with van der Waals surface area (Å²) in [4.78, 5) is 4.80. The molecule has 0 aliphatic heterocycles. The zero-order valence-electron chi connectivity index (χ0n) is 39.2. The molecule has 0 fully saturated rings. The Morgan fingerprint density at radius 2 is 0.789 bits per heavy atom. The van der Waals surface area contributed by atoms with Gasteiger partial charge in [0.25, 0.3) is 0 Å². The molecule has 0 saturated carbocycles. The summed E-state index contributed by atoms with van der Waals surface area (Å²) >= 11 is 0. The number of hydrogen-bond acceptors (Lipinski definition) is 2. The summed E-state index contributed by atoms with van der Waals surface area (Å²) in [5, 5.41) is 8.33. The van der Waals surface area contributed by atoms with E-state index in [1.54, 1.807) is 0 Å². The van der Waals surface area contributed by atoms with E-state index in [-0.39, 0.29) is 0 Å². The Bertz CT molecular complexity index is 4420. The van der Waals surface area contributed by atoms with Crippen LogP contribution in [0.5, 0.6) is 0 Å². The van der Waals surface area contributed by atoms with Crippen LogP contribution in [0.25, 0.3) is 100 Å². The largest absolute Gasteiger partial charge is 0.310 e. The number of nitrogens with zero attached hydrogens (tertiary/aromatic N) is 4. The van der Waals surface area contributed by atoms with Gasteiger partial charge in [-0.15, -0.1) is 0 Å². The number of rotatable bonds is 9. The minimum absolute atomic E-state index is 1.03. The lowest BCUT2D eigenvalue weighted by molar-refractivity contribution is 1.28. The van der Waals surface area contributed by atoms with Gasteiger partial charge in [0.1, 0.15) is 0 Å². The second-order valence-corrected chi connectivity index (χ2v) is 18.5. The van der Waals surface area contributed by atoms with Gasteiger partial charge in [-0.25, -0.2) is 0 Å². The number of fused-ring (bicyclic) bond motifs is 11. The molecule has 10 aromatic carbocycles.